The van der Waals surface area contributed by atoms with E-state index in [9.17, 15) is 9.59 Å². The number of rotatable bonds is 3. The standard InChI is InChI=1S/C16H14BrNO2S/c1-16(2)10-5-3-4-6-12(10)18(15(16)20)9-13(19)14-11(17)7-8-21-14/h3-8H,9H2,1-2H3. The lowest BCUT2D eigenvalue weighted by atomic mass is 9.86. The molecule has 0 fully saturated rings. The molecule has 1 amide bonds. The molecule has 0 bridgehead atoms. The van der Waals surface area contributed by atoms with E-state index in [0.29, 0.717) is 4.88 Å². The summed E-state index contributed by atoms with van der Waals surface area (Å²) < 4.78 is 0.789. The largest absolute Gasteiger partial charge is 0.304 e. The van der Waals surface area contributed by atoms with Crippen molar-refractivity contribution in [3.05, 3.63) is 50.6 Å². The van der Waals surface area contributed by atoms with Crippen LogP contribution in [0.25, 0.3) is 0 Å². The van der Waals surface area contributed by atoms with Gasteiger partial charge in [0.1, 0.15) is 0 Å². The fourth-order valence-corrected chi connectivity index (χ4v) is 4.19. The first-order chi connectivity index (χ1) is 9.93. The molecule has 108 valence electrons. The molecule has 2 aromatic rings. The maximum Gasteiger partial charge on any atom is 0.237 e. The van der Waals surface area contributed by atoms with Crippen molar-refractivity contribution in [2.45, 2.75) is 19.3 Å². The van der Waals surface area contributed by atoms with Gasteiger partial charge in [-0.3, -0.25) is 9.59 Å². The summed E-state index contributed by atoms with van der Waals surface area (Å²) >= 11 is 4.76. The summed E-state index contributed by atoms with van der Waals surface area (Å²) in [6.07, 6.45) is 0. The monoisotopic (exact) mass is 363 g/mol. The molecular weight excluding hydrogens is 350 g/mol. The molecule has 0 radical (unpaired) electrons. The number of halogens is 1. The minimum Gasteiger partial charge on any atom is -0.304 e. The minimum atomic E-state index is -0.580. The maximum atomic E-state index is 12.6. The lowest BCUT2D eigenvalue weighted by Gasteiger charge is -2.19. The molecule has 0 saturated carbocycles. The maximum absolute atomic E-state index is 12.6. The Balaban J connectivity index is 1.95. The second-order valence-corrected chi connectivity index (χ2v) is 7.32. The first-order valence-corrected chi connectivity index (χ1v) is 8.28. The van der Waals surface area contributed by atoms with Crippen molar-refractivity contribution in [2.24, 2.45) is 0 Å². The average Bonchev–Trinajstić information content (AvgIpc) is 2.96. The van der Waals surface area contributed by atoms with E-state index in [0.717, 1.165) is 15.7 Å². The van der Waals surface area contributed by atoms with Gasteiger partial charge in [0.25, 0.3) is 0 Å². The van der Waals surface area contributed by atoms with E-state index in [-0.39, 0.29) is 18.2 Å². The topological polar surface area (TPSA) is 37.4 Å². The SMILES string of the molecule is CC1(C)C(=O)N(CC(=O)c2sccc2Br)c2ccccc21. The number of nitrogens with zero attached hydrogens (tertiary/aromatic N) is 1. The summed E-state index contributed by atoms with van der Waals surface area (Å²) in [4.78, 5) is 27.3. The first-order valence-electron chi connectivity index (χ1n) is 6.60. The Labute approximate surface area is 135 Å². The van der Waals surface area contributed by atoms with E-state index < -0.39 is 5.41 Å². The predicted octanol–water partition coefficient (Wildman–Crippen LogP) is 4.02. The van der Waals surface area contributed by atoms with Crippen molar-refractivity contribution in [1.29, 1.82) is 0 Å². The van der Waals surface area contributed by atoms with Gasteiger partial charge in [-0.25, -0.2) is 0 Å². The molecule has 1 aromatic heterocycles. The minimum absolute atomic E-state index is 0.0234. The summed E-state index contributed by atoms with van der Waals surface area (Å²) in [7, 11) is 0. The normalized spacial score (nSPS) is 16.1. The summed E-state index contributed by atoms with van der Waals surface area (Å²) in [5, 5.41) is 1.86. The van der Waals surface area contributed by atoms with Gasteiger partial charge in [0.15, 0.2) is 5.78 Å². The smallest absolute Gasteiger partial charge is 0.237 e. The summed E-state index contributed by atoms with van der Waals surface area (Å²) in [5.74, 6) is -0.0672. The van der Waals surface area contributed by atoms with Crippen LogP contribution >= 0.6 is 27.3 Å². The van der Waals surface area contributed by atoms with E-state index in [1.807, 2.05) is 49.6 Å². The van der Waals surface area contributed by atoms with Crippen LogP contribution in [0, 0.1) is 0 Å². The van der Waals surface area contributed by atoms with Gasteiger partial charge in [-0.2, -0.15) is 0 Å². The van der Waals surface area contributed by atoms with Crippen molar-refractivity contribution in [3.8, 4) is 0 Å². The number of anilines is 1. The molecule has 0 unspecified atom stereocenters. The van der Waals surface area contributed by atoms with Crippen LogP contribution in [0.15, 0.2) is 40.2 Å². The highest BCUT2D eigenvalue weighted by Gasteiger charge is 2.44. The van der Waals surface area contributed by atoms with E-state index in [1.54, 1.807) is 4.90 Å². The number of carbonyl (C=O) groups is 2. The average molecular weight is 364 g/mol. The molecule has 5 heteroatoms. The van der Waals surface area contributed by atoms with Gasteiger partial charge in [-0.05, 0) is 52.9 Å². The molecule has 3 nitrogen and oxygen atoms in total. The third-order valence-electron chi connectivity index (χ3n) is 3.82. The third kappa shape index (κ3) is 2.24. The number of Topliss-reactive ketones (excluding diaryl/α,β-unsaturated/α-hetero) is 1. The van der Waals surface area contributed by atoms with Gasteiger partial charge < -0.3 is 4.90 Å². The number of carbonyl (C=O) groups excluding carboxylic acids is 2. The highest BCUT2D eigenvalue weighted by Crippen LogP contribution is 2.41. The molecular formula is C16H14BrNO2S. The number of hydrogen-bond acceptors (Lipinski definition) is 3. The summed E-state index contributed by atoms with van der Waals surface area (Å²) in [6.45, 7) is 3.89. The van der Waals surface area contributed by atoms with Gasteiger partial charge in [0.2, 0.25) is 5.91 Å². The van der Waals surface area contributed by atoms with Crippen LogP contribution in [0.3, 0.4) is 0 Å². The molecule has 0 spiro atoms. The van der Waals surface area contributed by atoms with Gasteiger partial charge in [0.05, 0.1) is 16.8 Å². The molecule has 0 aliphatic carbocycles. The summed E-state index contributed by atoms with van der Waals surface area (Å²) in [6, 6.07) is 9.53. The number of thiophene rings is 1. The zero-order chi connectivity index (χ0) is 15.2. The van der Waals surface area contributed by atoms with Crippen LogP contribution in [0.4, 0.5) is 5.69 Å². The molecule has 3 rings (SSSR count). The van der Waals surface area contributed by atoms with Crippen LogP contribution in [0.1, 0.15) is 29.1 Å². The number of para-hydroxylation sites is 1. The van der Waals surface area contributed by atoms with Crippen LogP contribution in [0.5, 0.6) is 0 Å². The zero-order valence-electron chi connectivity index (χ0n) is 11.7. The highest BCUT2D eigenvalue weighted by atomic mass is 79.9. The van der Waals surface area contributed by atoms with Crippen molar-refractivity contribution in [1.82, 2.24) is 0 Å². The molecule has 21 heavy (non-hydrogen) atoms. The van der Waals surface area contributed by atoms with Gasteiger partial charge >= 0.3 is 0 Å². The second-order valence-electron chi connectivity index (χ2n) is 5.55. The van der Waals surface area contributed by atoms with Crippen LogP contribution in [-0.4, -0.2) is 18.2 Å². The predicted molar refractivity (Wildman–Crippen MR) is 88.2 cm³/mol. The van der Waals surface area contributed by atoms with Crippen molar-refractivity contribution >= 4 is 44.6 Å². The molecule has 1 aromatic carbocycles. The Kier molecular flexibility index (Phi) is 3.50. The second kappa shape index (κ2) is 5.07. The van der Waals surface area contributed by atoms with Gasteiger partial charge in [-0.15, -0.1) is 11.3 Å². The number of ketones is 1. The van der Waals surface area contributed by atoms with E-state index in [4.69, 9.17) is 0 Å². The summed E-state index contributed by atoms with van der Waals surface area (Å²) in [5.41, 5.74) is 1.24. The Morgan fingerprint density at radius 2 is 2.00 bits per heavy atom. The molecule has 2 heterocycles. The van der Waals surface area contributed by atoms with E-state index in [1.165, 1.54) is 11.3 Å². The Morgan fingerprint density at radius 3 is 2.67 bits per heavy atom. The lowest BCUT2D eigenvalue weighted by Crippen LogP contribution is -2.39. The molecule has 1 aliphatic heterocycles. The van der Waals surface area contributed by atoms with E-state index in [2.05, 4.69) is 15.9 Å². The van der Waals surface area contributed by atoms with Gasteiger partial charge in [0, 0.05) is 10.2 Å². The zero-order valence-corrected chi connectivity index (χ0v) is 14.1. The number of hydrogen-bond donors (Lipinski definition) is 0. The van der Waals surface area contributed by atoms with Crippen molar-refractivity contribution in [3.63, 3.8) is 0 Å². The number of amides is 1. The van der Waals surface area contributed by atoms with Crippen LogP contribution in [-0.2, 0) is 10.2 Å². The molecule has 0 atom stereocenters. The van der Waals surface area contributed by atoms with Crippen molar-refractivity contribution in [2.75, 3.05) is 11.4 Å². The fourth-order valence-electron chi connectivity index (χ4n) is 2.66. The van der Waals surface area contributed by atoms with Crippen LogP contribution in [0.2, 0.25) is 0 Å². The Hall–Kier alpha value is -1.46. The first kappa shape index (κ1) is 14.5. The number of benzene rings is 1. The van der Waals surface area contributed by atoms with E-state index >= 15 is 0 Å². The van der Waals surface area contributed by atoms with Crippen molar-refractivity contribution < 1.29 is 9.59 Å². The number of fused-ring (bicyclic) bond motifs is 1. The molecule has 0 N–H and O–H groups in total. The quantitative estimate of drug-likeness (QED) is 0.772. The molecule has 0 saturated heterocycles. The Bertz CT molecular complexity index is 735. The highest BCUT2D eigenvalue weighted by molar-refractivity contribution is 9.10. The van der Waals surface area contributed by atoms with Gasteiger partial charge in [-0.1, -0.05) is 18.2 Å². The molecule has 1 aliphatic rings. The Morgan fingerprint density at radius 1 is 1.29 bits per heavy atom. The fraction of sp³-hybridized carbons (Fsp3) is 0.250. The van der Waals surface area contributed by atoms with Crippen LogP contribution < -0.4 is 4.90 Å². The third-order valence-corrected chi connectivity index (χ3v) is 5.70. The lowest BCUT2D eigenvalue weighted by molar-refractivity contribution is -0.122.